The molecule has 0 saturated heterocycles. The van der Waals surface area contributed by atoms with Gasteiger partial charge in [0.25, 0.3) is 0 Å². The number of esters is 2. The van der Waals surface area contributed by atoms with E-state index in [1.165, 1.54) is 26.2 Å². The van der Waals surface area contributed by atoms with Crippen molar-refractivity contribution >= 4 is 11.9 Å². The van der Waals surface area contributed by atoms with Gasteiger partial charge >= 0.3 is 11.9 Å². The van der Waals surface area contributed by atoms with Crippen LogP contribution < -0.4 is 0 Å². The number of methoxy groups -OCH3 is 1. The topological polar surface area (TPSA) is 52.6 Å². The van der Waals surface area contributed by atoms with Crippen molar-refractivity contribution in [2.24, 2.45) is 0 Å². The SMILES string of the molecule is COC(=O)C1(C)Cc2c(ccc(F)c2C)C(=O)O1. The Hall–Kier alpha value is -1.91. The first kappa shape index (κ1) is 12.5. The fraction of sp³-hybridized carbons (Fsp3) is 0.385. The zero-order chi connectivity index (χ0) is 13.5. The molecule has 0 aromatic heterocycles. The van der Waals surface area contributed by atoms with Gasteiger partial charge in [0.15, 0.2) is 0 Å². The maximum atomic E-state index is 13.5. The fourth-order valence-electron chi connectivity index (χ4n) is 2.11. The Morgan fingerprint density at radius 2 is 2.17 bits per heavy atom. The van der Waals surface area contributed by atoms with Crippen LogP contribution in [0.5, 0.6) is 0 Å². The predicted molar refractivity (Wildman–Crippen MR) is 60.7 cm³/mol. The second-order valence-electron chi connectivity index (χ2n) is 4.49. The first-order chi connectivity index (χ1) is 8.39. The largest absolute Gasteiger partial charge is 0.466 e. The summed E-state index contributed by atoms with van der Waals surface area (Å²) in [6.45, 7) is 3.04. The standard InChI is InChI=1S/C13H13FO4/c1-7-9-6-13(2,12(16)17-3)18-11(15)8(9)4-5-10(7)14/h4-5H,6H2,1-3H3. The normalized spacial score (nSPS) is 22.1. The number of hydrogen-bond acceptors (Lipinski definition) is 4. The van der Waals surface area contributed by atoms with Crippen LogP contribution >= 0.6 is 0 Å². The van der Waals surface area contributed by atoms with E-state index in [0.29, 0.717) is 16.7 Å². The molecule has 0 spiro atoms. The molecule has 2 rings (SSSR count). The molecule has 5 heteroatoms. The smallest absolute Gasteiger partial charge is 0.350 e. The van der Waals surface area contributed by atoms with Crippen LogP contribution in [0.3, 0.4) is 0 Å². The number of rotatable bonds is 1. The Balaban J connectivity index is 2.54. The average molecular weight is 252 g/mol. The van der Waals surface area contributed by atoms with Crippen molar-refractivity contribution in [2.75, 3.05) is 7.11 Å². The molecule has 0 radical (unpaired) electrons. The van der Waals surface area contributed by atoms with Gasteiger partial charge in [0.05, 0.1) is 12.7 Å². The highest BCUT2D eigenvalue weighted by Gasteiger charge is 2.44. The first-order valence-electron chi connectivity index (χ1n) is 5.49. The van der Waals surface area contributed by atoms with E-state index in [4.69, 9.17) is 4.74 Å². The molecule has 1 unspecified atom stereocenters. The van der Waals surface area contributed by atoms with E-state index in [1.54, 1.807) is 6.92 Å². The van der Waals surface area contributed by atoms with E-state index in [9.17, 15) is 14.0 Å². The third kappa shape index (κ3) is 1.75. The molecule has 0 fully saturated rings. The van der Waals surface area contributed by atoms with Crippen molar-refractivity contribution in [1.29, 1.82) is 0 Å². The fourth-order valence-corrected chi connectivity index (χ4v) is 2.11. The summed E-state index contributed by atoms with van der Waals surface area (Å²) in [5, 5.41) is 0. The molecule has 1 aliphatic heterocycles. The zero-order valence-corrected chi connectivity index (χ0v) is 10.4. The summed E-state index contributed by atoms with van der Waals surface area (Å²) >= 11 is 0. The highest BCUT2D eigenvalue weighted by atomic mass is 19.1. The van der Waals surface area contributed by atoms with Crippen molar-refractivity contribution in [3.63, 3.8) is 0 Å². The summed E-state index contributed by atoms with van der Waals surface area (Å²) in [5.74, 6) is -1.69. The minimum Gasteiger partial charge on any atom is -0.466 e. The van der Waals surface area contributed by atoms with Gasteiger partial charge in [0.1, 0.15) is 5.82 Å². The number of carbonyl (C=O) groups is 2. The minimum atomic E-state index is -1.39. The molecular formula is C13H13FO4. The number of halogens is 1. The van der Waals surface area contributed by atoms with Crippen molar-refractivity contribution < 1.29 is 23.5 Å². The van der Waals surface area contributed by atoms with Crippen LogP contribution in [0.2, 0.25) is 0 Å². The number of cyclic esters (lactones) is 1. The Bertz CT molecular complexity index is 538. The van der Waals surface area contributed by atoms with Gasteiger partial charge in [-0.2, -0.15) is 0 Å². The molecule has 1 atom stereocenters. The van der Waals surface area contributed by atoms with Gasteiger partial charge in [-0.1, -0.05) is 0 Å². The Labute approximate surface area is 104 Å². The summed E-state index contributed by atoms with van der Waals surface area (Å²) in [5.41, 5.74) is -0.231. The summed E-state index contributed by atoms with van der Waals surface area (Å²) in [7, 11) is 1.22. The predicted octanol–water partition coefficient (Wildman–Crippen LogP) is 1.78. The minimum absolute atomic E-state index is 0.115. The third-order valence-corrected chi connectivity index (χ3v) is 3.20. The molecule has 1 aromatic rings. The van der Waals surface area contributed by atoms with E-state index >= 15 is 0 Å². The van der Waals surface area contributed by atoms with Gasteiger partial charge in [0.2, 0.25) is 5.60 Å². The Morgan fingerprint density at radius 3 is 2.78 bits per heavy atom. The van der Waals surface area contributed by atoms with Crippen molar-refractivity contribution in [2.45, 2.75) is 25.9 Å². The molecule has 1 aliphatic rings. The lowest BCUT2D eigenvalue weighted by atomic mass is 9.87. The van der Waals surface area contributed by atoms with Crippen LogP contribution in [0, 0.1) is 12.7 Å². The lowest BCUT2D eigenvalue weighted by molar-refractivity contribution is -0.161. The summed E-state index contributed by atoms with van der Waals surface area (Å²) in [4.78, 5) is 23.5. The van der Waals surface area contributed by atoms with Gasteiger partial charge < -0.3 is 9.47 Å². The van der Waals surface area contributed by atoms with Crippen molar-refractivity contribution in [3.05, 3.63) is 34.6 Å². The van der Waals surface area contributed by atoms with Gasteiger partial charge in [-0.15, -0.1) is 0 Å². The average Bonchev–Trinajstić information content (AvgIpc) is 2.33. The number of carbonyl (C=O) groups excluding carboxylic acids is 2. The Kier molecular flexibility index (Phi) is 2.84. The summed E-state index contributed by atoms with van der Waals surface area (Å²) in [6, 6.07) is 2.59. The second-order valence-corrected chi connectivity index (χ2v) is 4.49. The van der Waals surface area contributed by atoms with Crippen LogP contribution in [-0.4, -0.2) is 24.6 Å². The van der Waals surface area contributed by atoms with Crippen molar-refractivity contribution in [1.82, 2.24) is 0 Å². The molecule has 96 valence electrons. The first-order valence-corrected chi connectivity index (χ1v) is 5.49. The monoisotopic (exact) mass is 252 g/mol. The maximum absolute atomic E-state index is 13.5. The van der Waals surface area contributed by atoms with E-state index in [0.717, 1.165) is 0 Å². The number of ether oxygens (including phenoxy) is 2. The molecule has 18 heavy (non-hydrogen) atoms. The second kappa shape index (κ2) is 4.08. The van der Waals surface area contributed by atoms with E-state index in [2.05, 4.69) is 4.74 Å². The van der Waals surface area contributed by atoms with E-state index in [1.807, 2.05) is 0 Å². The molecule has 1 aromatic carbocycles. The molecule has 0 aliphatic carbocycles. The van der Waals surface area contributed by atoms with Crippen LogP contribution in [0.25, 0.3) is 0 Å². The summed E-state index contributed by atoms with van der Waals surface area (Å²) in [6.07, 6.45) is 0.115. The highest BCUT2D eigenvalue weighted by molar-refractivity contribution is 5.96. The quantitative estimate of drug-likeness (QED) is 0.715. The molecule has 0 N–H and O–H groups in total. The number of hydrogen-bond donors (Lipinski definition) is 0. The van der Waals surface area contributed by atoms with Gasteiger partial charge in [-0.3, -0.25) is 0 Å². The van der Waals surface area contributed by atoms with E-state index in [-0.39, 0.29) is 6.42 Å². The maximum Gasteiger partial charge on any atom is 0.350 e. The van der Waals surface area contributed by atoms with Gasteiger partial charge in [-0.05, 0) is 37.1 Å². The Morgan fingerprint density at radius 1 is 1.50 bits per heavy atom. The van der Waals surface area contributed by atoms with Gasteiger partial charge in [0, 0.05) is 6.42 Å². The van der Waals surface area contributed by atoms with Crippen LogP contribution in [0.4, 0.5) is 4.39 Å². The lowest BCUT2D eigenvalue weighted by Gasteiger charge is -2.32. The van der Waals surface area contributed by atoms with Crippen LogP contribution in [-0.2, 0) is 20.7 Å². The zero-order valence-electron chi connectivity index (χ0n) is 10.4. The van der Waals surface area contributed by atoms with Crippen molar-refractivity contribution in [3.8, 4) is 0 Å². The van der Waals surface area contributed by atoms with Gasteiger partial charge in [-0.25, -0.2) is 14.0 Å². The highest BCUT2D eigenvalue weighted by Crippen LogP contribution is 2.31. The lowest BCUT2D eigenvalue weighted by Crippen LogP contribution is -2.46. The third-order valence-electron chi connectivity index (χ3n) is 3.20. The summed E-state index contributed by atoms with van der Waals surface area (Å²) < 4.78 is 23.2. The van der Waals surface area contributed by atoms with Crippen LogP contribution in [0.1, 0.15) is 28.4 Å². The molecular weight excluding hydrogens is 239 g/mol. The number of benzene rings is 1. The molecule has 0 bridgehead atoms. The number of fused-ring (bicyclic) bond motifs is 1. The molecule has 1 heterocycles. The molecule has 4 nitrogen and oxygen atoms in total. The van der Waals surface area contributed by atoms with Crippen LogP contribution in [0.15, 0.2) is 12.1 Å². The molecule has 0 saturated carbocycles. The molecule has 0 amide bonds. The van der Waals surface area contributed by atoms with E-state index < -0.39 is 23.4 Å².